The minimum atomic E-state index is -0.236. The van der Waals surface area contributed by atoms with Crippen molar-refractivity contribution in [1.82, 2.24) is 5.32 Å². The SMILES string of the molecule is Cc1ccc(OCCNC(=O)Nc2ccccc2N2CCOCC2)c(C)c1. The molecular weight excluding hydrogens is 342 g/mol. The number of carbonyl (C=O) groups excluding carboxylic acids is 1. The molecular formula is C21H27N3O3. The number of benzene rings is 2. The van der Waals surface area contributed by atoms with E-state index in [9.17, 15) is 4.79 Å². The zero-order chi connectivity index (χ0) is 19.1. The molecule has 0 aromatic heterocycles. The van der Waals surface area contributed by atoms with Crippen LogP contribution in [0.2, 0.25) is 0 Å². The van der Waals surface area contributed by atoms with Crippen molar-refractivity contribution in [3.63, 3.8) is 0 Å². The molecule has 6 nitrogen and oxygen atoms in total. The molecule has 0 saturated carbocycles. The van der Waals surface area contributed by atoms with Crippen molar-refractivity contribution in [1.29, 1.82) is 0 Å². The average molecular weight is 369 g/mol. The van der Waals surface area contributed by atoms with Crippen molar-refractivity contribution in [3.8, 4) is 5.75 Å². The second kappa shape index (κ2) is 9.28. The maximum absolute atomic E-state index is 12.2. The molecule has 2 aromatic carbocycles. The smallest absolute Gasteiger partial charge is 0.319 e. The first-order valence-electron chi connectivity index (χ1n) is 9.30. The Labute approximate surface area is 160 Å². The summed E-state index contributed by atoms with van der Waals surface area (Å²) >= 11 is 0. The fourth-order valence-electron chi connectivity index (χ4n) is 3.11. The van der Waals surface area contributed by atoms with Crippen molar-refractivity contribution >= 4 is 17.4 Å². The Kier molecular flexibility index (Phi) is 6.54. The maximum atomic E-state index is 12.2. The molecule has 2 aromatic rings. The van der Waals surface area contributed by atoms with Crippen LogP contribution in [0.4, 0.5) is 16.2 Å². The molecule has 0 atom stereocenters. The van der Waals surface area contributed by atoms with Crippen LogP contribution in [0, 0.1) is 13.8 Å². The number of urea groups is 1. The summed E-state index contributed by atoms with van der Waals surface area (Å²) in [6.07, 6.45) is 0. The van der Waals surface area contributed by atoms with Gasteiger partial charge in [0.25, 0.3) is 0 Å². The van der Waals surface area contributed by atoms with Crippen LogP contribution in [-0.4, -0.2) is 45.5 Å². The van der Waals surface area contributed by atoms with Crippen molar-refractivity contribution in [3.05, 3.63) is 53.6 Å². The van der Waals surface area contributed by atoms with Crippen LogP contribution in [-0.2, 0) is 4.74 Å². The molecule has 0 unspecified atom stereocenters. The van der Waals surface area contributed by atoms with Crippen LogP contribution in [0.15, 0.2) is 42.5 Å². The average Bonchev–Trinajstić information content (AvgIpc) is 2.68. The highest BCUT2D eigenvalue weighted by atomic mass is 16.5. The van der Waals surface area contributed by atoms with Crippen LogP contribution in [0.3, 0.4) is 0 Å². The Morgan fingerprint density at radius 2 is 1.93 bits per heavy atom. The van der Waals surface area contributed by atoms with Gasteiger partial charge in [0.05, 0.1) is 31.1 Å². The molecule has 144 valence electrons. The Hall–Kier alpha value is -2.73. The summed E-state index contributed by atoms with van der Waals surface area (Å²) in [5.74, 6) is 0.848. The fraction of sp³-hybridized carbons (Fsp3) is 0.381. The molecule has 1 aliphatic heterocycles. The molecule has 27 heavy (non-hydrogen) atoms. The molecule has 0 spiro atoms. The van der Waals surface area contributed by atoms with Gasteiger partial charge >= 0.3 is 6.03 Å². The summed E-state index contributed by atoms with van der Waals surface area (Å²) in [4.78, 5) is 14.5. The molecule has 0 aliphatic carbocycles. The summed E-state index contributed by atoms with van der Waals surface area (Å²) in [5.41, 5.74) is 4.12. The lowest BCUT2D eigenvalue weighted by Gasteiger charge is -2.30. The van der Waals surface area contributed by atoms with Crippen molar-refractivity contribution in [2.45, 2.75) is 13.8 Å². The molecule has 2 N–H and O–H groups in total. The Balaban J connectivity index is 1.48. The van der Waals surface area contributed by atoms with E-state index >= 15 is 0 Å². The van der Waals surface area contributed by atoms with E-state index in [-0.39, 0.29) is 6.03 Å². The standard InChI is InChI=1S/C21H27N3O3/c1-16-7-8-20(17(2)15-16)27-12-9-22-21(25)23-18-5-3-4-6-19(18)24-10-13-26-14-11-24/h3-8,15H,9-14H2,1-2H3,(H2,22,23,25). The third-order valence-electron chi connectivity index (χ3n) is 4.48. The Bertz CT molecular complexity index is 773. The number of nitrogens with zero attached hydrogens (tertiary/aromatic N) is 1. The quantitative estimate of drug-likeness (QED) is 0.767. The predicted octanol–water partition coefficient (Wildman–Crippen LogP) is 3.34. The van der Waals surface area contributed by atoms with E-state index in [4.69, 9.17) is 9.47 Å². The van der Waals surface area contributed by atoms with Gasteiger partial charge in [-0.3, -0.25) is 0 Å². The minimum Gasteiger partial charge on any atom is -0.491 e. The topological polar surface area (TPSA) is 62.8 Å². The predicted molar refractivity (Wildman–Crippen MR) is 108 cm³/mol. The van der Waals surface area contributed by atoms with Gasteiger partial charge in [0.2, 0.25) is 0 Å². The van der Waals surface area contributed by atoms with Crippen molar-refractivity contribution in [2.75, 3.05) is 49.7 Å². The molecule has 6 heteroatoms. The highest BCUT2D eigenvalue weighted by molar-refractivity contribution is 5.93. The van der Waals surface area contributed by atoms with Gasteiger partial charge in [0.1, 0.15) is 12.4 Å². The molecule has 1 aliphatic rings. The number of rotatable bonds is 6. The number of amides is 2. The van der Waals surface area contributed by atoms with Gasteiger partial charge in [-0.1, -0.05) is 29.8 Å². The van der Waals surface area contributed by atoms with Gasteiger partial charge < -0.3 is 25.0 Å². The molecule has 2 amide bonds. The molecule has 1 saturated heterocycles. The van der Waals surface area contributed by atoms with E-state index in [1.54, 1.807) is 0 Å². The third-order valence-corrected chi connectivity index (χ3v) is 4.48. The second-order valence-corrected chi connectivity index (χ2v) is 6.61. The molecule has 0 bridgehead atoms. The maximum Gasteiger partial charge on any atom is 0.319 e. The number of morpholine rings is 1. The highest BCUT2D eigenvalue weighted by Gasteiger charge is 2.15. The van der Waals surface area contributed by atoms with Gasteiger partial charge in [-0.15, -0.1) is 0 Å². The third kappa shape index (κ3) is 5.37. The lowest BCUT2D eigenvalue weighted by Crippen LogP contribution is -2.37. The lowest BCUT2D eigenvalue weighted by molar-refractivity contribution is 0.123. The molecule has 3 rings (SSSR count). The minimum absolute atomic E-state index is 0.236. The Morgan fingerprint density at radius 3 is 2.70 bits per heavy atom. The number of hydrogen-bond acceptors (Lipinski definition) is 4. The summed E-state index contributed by atoms with van der Waals surface area (Å²) < 4.78 is 11.2. The normalized spacial score (nSPS) is 13.9. The molecule has 1 heterocycles. The number of aryl methyl sites for hydroxylation is 2. The first kappa shape index (κ1) is 19.0. The summed E-state index contributed by atoms with van der Waals surface area (Å²) in [6, 6.07) is 13.7. The summed E-state index contributed by atoms with van der Waals surface area (Å²) in [7, 11) is 0. The zero-order valence-electron chi connectivity index (χ0n) is 16.0. The van der Waals surface area contributed by atoms with Crippen LogP contribution < -0.4 is 20.3 Å². The van der Waals surface area contributed by atoms with E-state index in [0.29, 0.717) is 26.4 Å². The number of ether oxygens (including phenoxy) is 2. The monoisotopic (exact) mass is 369 g/mol. The first-order valence-corrected chi connectivity index (χ1v) is 9.30. The zero-order valence-corrected chi connectivity index (χ0v) is 16.0. The summed E-state index contributed by atoms with van der Waals surface area (Å²) in [5, 5.41) is 5.78. The highest BCUT2D eigenvalue weighted by Crippen LogP contribution is 2.26. The Morgan fingerprint density at radius 1 is 1.15 bits per heavy atom. The van der Waals surface area contributed by atoms with Crippen molar-refractivity contribution in [2.24, 2.45) is 0 Å². The number of para-hydroxylation sites is 2. The summed E-state index contributed by atoms with van der Waals surface area (Å²) in [6.45, 7) is 7.98. The largest absolute Gasteiger partial charge is 0.491 e. The van der Waals surface area contributed by atoms with E-state index in [1.165, 1.54) is 5.56 Å². The van der Waals surface area contributed by atoms with Gasteiger partial charge in [0, 0.05) is 13.1 Å². The number of anilines is 2. The lowest BCUT2D eigenvalue weighted by atomic mass is 10.1. The van der Waals surface area contributed by atoms with Crippen molar-refractivity contribution < 1.29 is 14.3 Å². The number of nitrogens with one attached hydrogen (secondary N) is 2. The van der Waals surface area contributed by atoms with Gasteiger partial charge in [0.15, 0.2) is 0 Å². The molecule has 1 fully saturated rings. The van der Waals surface area contributed by atoms with Crippen LogP contribution in [0.1, 0.15) is 11.1 Å². The van der Waals surface area contributed by atoms with Gasteiger partial charge in [-0.25, -0.2) is 4.79 Å². The number of carbonyl (C=O) groups is 1. The van der Waals surface area contributed by atoms with Crippen LogP contribution in [0.25, 0.3) is 0 Å². The number of hydrogen-bond donors (Lipinski definition) is 2. The van der Waals surface area contributed by atoms with E-state index < -0.39 is 0 Å². The fourth-order valence-corrected chi connectivity index (χ4v) is 3.11. The van der Waals surface area contributed by atoms with Gasteiger partial charge in [-0.2, -0.15) is 0 Å². The van der Waals surface area contributed by atoms with Crippen LogP contribution in [0.5, 0.6) is 5.75 Å². The van der Waals surface area contributed by atoms with E-state index in [0.717, 1.165) is 35.8 Å². The molecule has 0 radical (unpaired) electrons. The first-order chi connectivity index (χ1) is 13.1. The van der Waals surface area contributed by atoms with E-state index in [1.807, 2.05) is 43.3 Å². The van der Waals surface area contributed by atoms with E-state index in [2.05, 4.69) is 28.5 Å². The second-order valence-electron chi connectivity index (χ2n) is 6.61. The van der Waals surface area contributed by atoms with Gasteiger partial charge in [-0.05, 0) is 37.6 Å². The van der Waals surface area contributed by atoms with Crippen LogP contribution >= 0.6 is 0 Å².